The molecule has 3 amide bonds. The summed E-state index contributed by atoms with van der Waals surface area (Å²) < 4.78 is 5.48. The van der Waals surface area contributed by atoms with E-state index in [1.165, 1.54) is 0 Å². The van der Waals surface area contributed by atoms with Gasteiger partial charge in [0, 0.05) is 18.5 Å². The number of benzene rings is 2. The number of aryl methyl sites for hydroxylation is 1. The van der Waals surface area contributed by atoms with E-state index in [4.69, 9.17) is 4.74 Å². The molecule has 0 aliphatic heterocycles. The van der Waals surface area contributed by atoms with Gasteiger partial charge in [-0.15, -0.1) is 0 Å². The lowest BCUT2D eigenvalue weighted by atomic mass is 9.97. The van der Waals surface area contributed by atoms with Crippen LogP contribution in [0, 0.1) is 6.92 Å². The number of nitrogens with zero attached hydrogens (tertiary/aromatic N) is 1. The van der Waals surface area contributed by atoms with E-state index in [1.54, 1.807) is 25.7 Å². The van der Waals surface area contributed by atoms with Gasteiger partial charge >= 0.3 is 6.09 Å². The lowest BCUT2D eigenvalue weighted by Crippen LogP contribution is -2.56. The van der Waals surface area contributed by atoms with Crippen LogP contribution in [0.4, 0.5) is 4.79 Å². The number of carbonyl (C=O) groups is 3. The molecule has 3 unspecified atom stereocenters. The molecule has 2 N–H and O–H groups in total. The Kier molecular flexibility index (Phi) is 10.7. The number of rotatable bonds is 10. The van der Waals surface area contributed by atoms with Crippen molar-refractivity contribution in [3.05, 3.63) is 71.3 Å². The fourth-order valence-corrected chi connectivity index (χ4v) is 4.03. The fourth-order valence-electron chi connectivity index (χ4n) is 4.03. The van der Waals surface area contributed by atoms with E-state index in [9.17, 15) is 14.4 Å². The molecule has 0 aliphatic carbocycles. The maximum absolute atomic E-state index is 14.3. The number of nitrogens with one attached hydrogen (secondary N) is 2. The summed E-state index contributed by atoms with van der Waals surface area (Å²) >= 11 is 0. The van der Waals surface area contributed by atoms with Crippen molar-refractivity contribution in [2.75, 3.05) is 0 Å². The van der Waals surface area contributed by atoms with Gasteiger partial charge in [-0.3, -0.25) is 9.59 Å². The predicted octanol–water partition coefficient (Wildman–Crippen LogP) is 5.32. The molecule has 0 fully saturated rings. The Labute approximate surface area is 222 Å². The molecule has 0 heterocycles. The molecule has 2 aromatic rings. The SMILES string of the molecule is CCC(C)N(C(=O)C(Cc1ccccc1)NC(=O)OC(C)(C)C)C(C(=O)NC(C)C)c1ccc(C)cc1. The molecule has 2 aromatic carbocycles. The fraction of sp³-hybridized carbons (Fsp3) is 0.500. The first-order chi connectivity index (χ1) is 17.3. The number of carbonyl (C=O) groups excluding carboxylic acids is 3. The molecule has 0 bridgehead atoms. The number of alkyl carbamates (subject to hydrolysis) is 1. The third-order valence-corrected chi connectivity index (χ3v) is 5.94. The monoisotopic (exact) mass is 509 g/mol. The first kappa shape index (κ1) is 29.9. The van der Waals surface area contributed by atoms with Crippen LogP contribution >= 0.6 is 0 Å². The lowest BCUT2D eigenvalue weighted by molar-refractivity contribution is -0.145. The highest BCUT2D eigenvalue weighted by Crippen LogP contribution is 2.27. The minimum atomic E-state index is -0.925. The van der Waals surface area contributed by atoms with Crippen LogP contribution in [-0.2, 0) is 20.7 Å². The van der Waals surface area contributed by atoms with E-state index < -0.39 is 23.8 Å². The van der Waals surface area contributed by atoms with E-state index in [0.29, 0.717) is 12.0 Å². The Bertz CT molecular complexity index is 1030. The van der Waals surface area contributed by atoms with Crippen molar-refractivity contribution >= 4 is 17.9 Å². The molecule has 3 atom stereocenters. The Morgan fingerprint density at radius 1 is 0.919 bits per heavy atom. The van der Waals surface area contributed by atoms with Gasteiger partial charge < -0.3 is 20.3 Å². The topological polar surface area (TPSA) is 87.7 Å². The average Bonchev–Trinajstić information content (AvgIpc) is 2.81. The van der Waals surface area contributed by atoms with Crippen molar-refractivity contribution in [1.29, 1.82) is 0 Å². The third-order valence-electron chi connectivity index (χ3n) is 5.94. The van der Waals surface area contributed by atoms with Crippen LogP contribution in [0.5, 0.6) is 0 Å². The summed E-state index contributed by atoms with van der Waals surface area (Å²) in [6.07, 6.45) is 0.218. The second-order valence-corrected chi connectivity index (χ2v) is 10.9. The minimum absolute atomic E-state index is 0.102. The molecular weight excluding hydrogens is 466 g/mol. The first-order valence-electron chi connectivity index (χ1n) is 13.0. The maximum Gasteiger partial charge on any atom is 0.408 e. The van der Waals surface area contributed by atoms with Gasteiger partial charge in [0.15, 0.2) is 0 Å². The summed E-state index contributed by atoms with van der Waals surface area (Å²) in [5.74, 6) is -0.600. The number of amides is 3. The van der Waals surface area contributed by atoms with Crippen molar-refractivity contribution in [2.45, 2.75) is 98.0 Å². The van der Waals surface area contributed by atoms with Gasteiger partial charge in [0.25, 0.3) is 0 Å². The Balaban J connectivity index is 2.56. The minimum Gasteiger partial charge on any atom is -0.444 e. The second-order valence-electron chi connectivity index (χ2n) is 10.9. The van der Waals surface area contributed by atoms with Crippen LogP contribution in [-0.4, -0.2) is 46.5 Å². The summed E-state index contributed by atoms with van der Waals surface area (Å²) in [7, 11) is 0. The highest BCUT2D eigenvalue weighted by atomic mass is 16.6. The molecule has 202 valence electrons. The van der Waals surface area contributed by atoms with Gasteiger partial charge in [0.2, 0.25) is 11.8 Å². The van der Waals surface area contributed by atoms with E-state index in [1.807, 2.05) is 89.2 Å². The zero-order chi connectivity index (χ0) is 27.8. The van der Waals surface area contributed by atoms with Crippen LogP contribution in [0.2, 0.25) is 0 Å². The number of hydrogen-bond acceptors (Lipinski definition) is 4. The van der Waals surface area contributed by atoms with Crippen molar-refractivity contribution in [3.8, 4) is 0 Å². The van der Waals surface area contributed by atoms with Crippen molar-refractivity contribution in [1.82, 2.24) is 15.5 Å². The van der Waals surface area contributed by atoms with E-state index in [2.05, 4.69) is 10.6 Å². The Morgan fingerprint density at radius 3 is 2.03 bits per heavy atom. The molecule has 0 aromatic heterocycles. The highest BCUT2D eigenvalue weighted by Gasteiger charge is 2.38. The van der Waals surface area contributed by atoms with E-state index >= 15 is 0 Å². The normalized spacial score (nSPS) is 13.9. The Morgan fingerprint density at radius 2 is 1.51 bits per heavy atom. The summed E-state index contributed by atoms with van der Waals surface area (Å²) in [6.45, 7) is 15.0. The summed E-state index contributed by atoms with van der Waals surface area (Å²) in [5.41, 5.74) is 1.94. The van der Waals surface area contributed by atoms with Crippen molar-refractivity contribution in [3.63, 3.8) is 0 Å². The van der Waals surface area contributed by atoms with Gasteiger partial charge in [-0.1, -0.05) is 67.1 Å². The molecule has 0 spiro atoms. The van der Waals surface area contributed by atoms with Gasteiger partial charge in [0.1, 0.15) is 17.7 Å². The summed E-state index contributed by atoms with van der Waals surface area (Å²) in [5, 5.41) is 5.78. The van der Waals surface area contributed by atoms with Gasteiger partial charge in [-0.25, -0.2) is 4.79 Å². The van der Waals surface area contributed by atoms with Gasteiger partial charge in [0.05, 0.1) is 0 Å². The Hall–Kier alpha value is -3.35. The molecule has 37 heavy (non-hydrogen) atoms. The van der Waals surface area contributed by atoms with Crippen LogP contribution < -0.4 is 10.6 Å². The summed E-state index contributed by atoms with van der Waals surface area (Å²) in [6, 6.07) is 15.0. The van der Waals surface area contributed by atoms with Crippen molar-refractivity contribution in [2.24, 2.45) is 0 Å². The molecule has 2 rings (SSSR count). The largest absolute Gasteiger partial charge is 0.444 e. The second kappa shape index (κ2) is 13.3. The van der Waals surface area contributed by atoms with E-state index in [-0.39, 0.29) is 30.3 Å². The van der Waals surface area contributed by atoms with Crippen molar-refractivity contribution < 1.29 is 19.1 Å². The smallest absolute Gasteiger partial charge is 0.408 e. The highest BCUT2D eigenvalue weighted by molar-refractivity contribution is 5.92. The van der Waals surface area contributed by atoms with Crippen LogP contribution in [0.15, 0.2) is 54.6 Å². The third kappa shape index (κ3) is 9.23. The molecular formula is C30H43N3O4. The molecule has 0 radical (unpaired) electrons. The average molecular weight is 510 g/mol. The van der Waals surface area contributed by atoms with Gasteiger partial charge in [-0.2, -0.15) is 0 Å². The number of hydrogen-bond donors (Lipinski definition) is 2. The lowest BCUT2D eigenvalue weighted by Gasteiger charge is -2.38. The van der Waals surface area contributed by atoms with E-state index in [0.717, 1.165) is 11.1 Å². The summed E-state index contributed by atoms with van der Waals surface area (Å²) in [4.78, 5) is 42.3. The standard InChI is InChI=1S/C30H43N3O4/c1-9-22(5)33(26(27(34)31-20(2)3)24-17-15-21(4)16-18-24)28(35)25(19-23-13-11-10-12-14-23)32-29(36)37-30(6,7)8/h10-18,20,22,25-26H,9,19H2,1-8H3,(H,31,34)(H,32,36). The predicted molar refractivity (Wildman–Crippen MR) is 147 cm³/mol. The maximum atomic E-state index is 14.3. The first-order valence-corrected chi connectivity index (χ1v) is 13.0. The molecule has 0 saturated carbocycles. The van der Waals surface area contributed by atoms with Crippen LogP contribution in [0.25, 0.3) is 0 Å². The zero-order valence-corrected chi connectivity index (χ0v) is 23.5. The number of ether oxygens (including phenoxy) is 1. The van der Waals surface area contributed by atoms with Gasteiger partial charge in [-0.05, 0) is 66.0 Å². The van der Waals surface area contributed by atoms with Crippen LogP contribution in [0.1, 0.15) is 77.6 Å². The molecule has 7 heteroatoms. The molecule has 7 nitrogen and oxygen atoms in total. The molecule has 0 saturated heterocycles. The zero-order valence-electron chi connectivity index (χ0n) is 23.5. The molecule has 0 aliphatic rings. The van der Waals surface area contributed by atoms with Crippen LogP contribution in [0.3, 0.4) is 0 Å². The quantitative estimate of drug-likeness (QED) is 0.454.